The maximum absolute atomic E-state index is 5.59. The number of ether oxygens (including phenoxy) is 1. The van der Waals surface area contributed by atoms with Crippen molar-refractivity contribution in [3.63, 3.8) is 0 Å². The van der Waals surface area contributed by atoms with E-state index >= 15 is 0 Å². The van der Waals surface area contributed by atoms with Gasteiger partial charge in [-0.3, -0.25) is 0 Å². The van der Waals surface area contributed by atoms with E-state index in [4.69, 9.17) is 4.74 Å². The fourth-order valence-electron chi connectivity index (χ4n) is 4.31. The topological polar surface area (TPSA) is 23.2 Å². The first-order valence-corrected chi connectivity index (χ1v) is 7.79. The number of hydrogen-bond acceptors (Lipinski definition) is 1. The van der Waals surface area contributed by atoms with Crippen LogP contribution < -0.4 is 4.99 Å². The molecule has 2 bridgehead atoms. The van der Waals surface area contributed by atoms with Crippen LogP contribution in [0.25, 0.3) is 0 Å². The van der Waals surface area contributed by atoms with Crippen LogP contribution in [0.3, 0.4) is 0 Å². The number of hydrogen-bond donors (Lipinski definition) is 1. The molecule has 3 saturated carbocycles. The zero-order valence-corrected chi connectivity index (χ0v) is 12.5. The van der Waals surface area contributed by atoms with Gasteiger partial charge in [0.2, 0.25) is 0 Å². The molecule has 0 saturated heterocycles. The van der Waals surface area contributed by atoms with Gasteiger partial charge in [0.25, 0.3) is 0 Å². The van der Waals surface area contributed by atoms with Gasteiger partial charge in [0.05, 0.1) is 12.5 Å². The molecule has 0 radical (unpaired) electrons. The molecule has 0 aromatic heterocycles. The van der Waals surface area contributed by atoms with E-state index in [9.17, 15) is 0 Å². The van der Waals surface area contributed by atoms with Crippen LogP contribution in [0.1, 0.15) is 71.1 Å². The number of nitrogens with one attached hydrogen (secondary N) is 1. The van der Waals surface area contributed by atoms with Crippen molar-refractivity contribution in [2.45, 2.75) is 71.1 Å². The Hall–Kier alpha value is -0.530. The van der Waals surface area contributed by atoms with Gasteiger partial charge in [-0.2, -0.15) is 0 Å². The second kappa shape index (κ2) is 5.63. The van der Waals surface area contributed by atoms with Gasteiger partial charge in [-0.05, 0) is 50.4 Å². The molecule has 104 valence electrons. The maximum Gasteiger partial charge on any atom is 0.340 e. The van der Waals surface area contributed by atoms with Gasteiger partial charge < -0.3 is 4.74 Å². The van der Waals surface area contributed by atoms with Crippen molar-refractivity contribution in [2.24, 2.45) is 10.8 Å². The molecule has 0 heterocycles. The van der Waals surface area contributed by atoms with E-state index in [-0.39, 0.29) is 0 Å². The van der Waals surface area contributed by atoms with Gasteiger partial charge in [-0.15, -0.1) is 0 Å². The molecular formula is C16H30NO+. The van der Waals surface area contributed by atoms with E-state index in [1.807, 2.05) is 14.2 Å². The summed E-state index contributed by atoms with van der Waals surface area (Å²) in [4.78, 5) is 3.30. The minimum Gasteiger partial charge on any atom is -0.451 e. The third-order valence-corrected chi connectivity index (χ3v) is 5.63. The lowest BCUT2D eigenvalue weighted by molar-refractivity contribution is -0.438. The summed E-state index contributed by atoms with van der Waals surface area (Å²) >= 11 is 0. The molecule has 0 aromatic rings. The van der Waals surface area contributed by atoms with Crippen LogP contribution in [0.15, 0.2) is 0 Å². The van der Waals surface area contributed by atoms with E-state index in [0.717, 1.165) is 5.90 Å². The molecule has 0 aliphatic heterocycles. The largest absolute Gasteiger partial charge is 0.451 e. The molecule has 2 nitrogen and oxygen atoms in total. The molecule has 3 aliphatic rings. The summed E-state index contributed by atoms with van der Waals surface area (Å²) in [7, 11) is 3.82. The summed E-state index contributed by atoms with van der Waals surface area (Å²) in [6.45, 7) is 2.30. The highest BCUT2D eigenvalue weighted by atomic mass is 16.5. The monoisotopic (exact) mass is 252 g/mol. The van der Waals surface area contributed by atoms with Gasteiger partial charge in [0.1, 0.15) is 7.05 Å². The van der Waals surface area contributed by atoms with E-state index in [1.54, 1.807) is 0 Å². The standard InChI is InChI=1S/C16H29NO/c1-4-5-6-7-15-8-11-16(12-9-15,13-10-15)14(17-2)18-3/h4-13H2,1-3H3/p+1. The minimum atomic E-state index is 0.357. The first kappa shape index (κ1) is 13.9. The highest BCUT2D eigenvalue weighted by Gasteiger charge is 2.53. The lowest BCUT2D eigenvalue weighted by Crippen LogP contribution is -2.73. The summed E-state index contributed by atoms with van der Waals surface area (Å²) < 4.78 is 5.59. The molecule has 1 N–H and O–H groups in total. The van der Waals surface area contributed by atoms with Crippen LogP contribution in [-0.2, 0) is 4.74 Å². The predicted octanol–water partition coefficient (Wildman–Crippen LogP) is 2.66. The Morgan fingerprint density at radius 1 is 1.06 bits per heavy atom. The first-order chi connectivity index (χ1) is 8.70. The first-order valence-electron chi connectivity index (χ1n) is 7.79. The molecule has 0 amide bonds. The molecule has 0 aromatic carbocycles. The number of methoxy groups -OCH3 is 1. The van der Waals surface area contributed by atoms with Crippen LogP contribution in [0.2, 0.25) is 0 Å². The normalized spacial score (nSPS) is 35.8. The highest BCUT2D eigenvalue weighted by molar-refractivity contribution is 5.77. The zero-order valence-electron chi connectivity index (χ0n) is 12.5. The van der Waals surface area contributed by atoms with Crippen LogP contribution in [0, 0.1) is 10.8 Å². The van der Waals surface area contributed by atoms with E-state index in [1.165, 1.54) is 64.2 Å². The second-order valence-corrected chi connectivity index (χ2v) is 6.52. The smallest absolute Gasteiger partial charge is 0.340 e. The van der Waals surface area contributed by atoms with Gasteiger partial charge in [0, 0.05) is 0 Å². The van der Waals surface area contributed by atoms with Crippen molar-refractivity contribution in [1.82, 2.24) is 0 Å². The molecule has 0 spiro atoms. The van der Waals surface area contributed by atoms with Crippen LogP contribution in [-0.4, -0.2) is 20.1 Å². The Kier molecular flexibility index (Phi) is 4.34. The Morgan fingerprint density at radius 2 is 1.67 bits per heavy atom. The number of rotatable bonds is 5. The molecule has 0 unspecified atom stereocenters. The zero-order chi connectivity index (χ0) is 13.1. The number of fused-ring (bicyclic) bond motifs is 3. The van der Waals surface area contributed by atoms with Crippen molar-refractivity contribution >= 4 is 5.90 Å². The predicted molar refractivity (Wildman–Crippen MR) is 75.6 cm³/mol. The van der Waals surface area contributed by atoms with Crippen LogP contribution >= 0.6 is 0 Å². The molecule has 3 aliphatic carbocycles. The van der Waals surface area contributed by atoms with Gasteiger partial charge in [-0.25, -0.2) is 4.99 Å². The SMILES string of the molecule is CCCCCC12CCC(C(=[NH+]C)OC)(CC1)CC2. The van der Waals surface area contributed by atoms with Gasteiger partial charge >= 0.3 is 5.90 Å². The van der Waals surface area contributed by atoms with Gasteiger partial charge in [0.15, 0.2) is 0 Å². The summed E-state index contributed by atoms with van der Waals surface area (Å²) in [5.74, 6) is 1.14. The van der Waals surface area contributed by atoms with Crippen LogP contribution in [0.4, 0.5) is 0 Å². The molecule has 3 rings (SSSR count). The van der Waals surface area contributed by atoms with Crippen molar-refractivity contribution in [1.29, 1.82) is 0 Å². The van der Waals surface area contributed by atoms with Crippen molar-refractivity contribution < 1.29 is 9.73 Å². The van der Waals surface area contributed by atoms with Gasteiger partial charge in [-0.1, -0.05) is 26.2 Å². The summed E-state index contributed by atoms with van der Waals surface area (Å²) in [6.07, 6.45) is 14.0. The van der Waals surface area contributed by atoms with E-state index in [0.29, 0.717) is 10.8 Å². The Bertz CT molecular complexity index is 284. The highest BCUT2D eigenvalue weighted by Crippen LogP contribution is 2.58. The molecule has 2 heteroatoms. The van der Waals surface area contributed by atoms with Crippen molar-refractivity contribution in [3.8, 4) is 0 Å². The Labute approximate surface area is 112 Å². The average Bonchev–Trinajstić information content (AvgIpc) is 2.42. The summed E-state index contributed by atoms with van der Waals surface area (Å²) in [5.41, 5.74) is 1.06. The van der Waals surface area contributed by atoms with Crippen LogP contribution in [0.5, 0.6) is 0 Å². The lowest BCUT2D eigenvalue weighted by Gasteiger charge is -2.51. The third-order valence-electron chi connectivity index (χ3n) is 5.63. The molecular weight excluding hydrogens is 222 g/mol. The fraction of sp³-hybridized carbons (Fsp3) is 0.938. The van der Waals surface area contributed by atoms with Crippen molar-refractivity contribution in [3.05, 3.63) is 0 Å². The van der Waals surface area contributed by atoms with E-state index in [2.05, 4.69) is 11.9 Å². The minimum absolute atomic E-state index is 0.357. The quantitative estimate of drug-likeness (QED) is 0.454. The third kappa shape index (κ3) is 2.44. The molecule has 3 fully saturated rings. The lowest BCUT2D eigenvalue weighted by atomic mass is 9.52. The maximum atomic E-state index is 5.59. The fourth-order valence-corrected chi connectivity index (χ4v) is 4.31. The van der Waals surface area contributed by atoms with Crippen molar-refractivity contribution in [2.75, 3.05) is 14.2 Å². The van der Waals surface area contributed by atoms with E-state index < -0.39 is 0 Å². The summed E-state index contributed by atoms with van der Waals surface area (Å²) in [5, 5.41) is 0. The second-order valence-electron chi connectivity index (χ2n) is 6.52. The average molecular weight is 252 g/mol. The Balaban J connectivity index is 1.97. The Morgan fingerprint density at radius 3 is 2.11 bits per heavy atom. The molecule has 18 heavy (non-hydrogen) atoms. The molecule has 0 atom stereocenters. The summed E-state index contributed by atoms with van der Waals surface area (Å²) in [6, 6.07) is 0. The number of unbranched alkanes of at least 4 members (excludes halogenated alkanes) is 2.